The molecule has 1 N–H and O–H groups in total. The lowest BCUT2D eigenvalue weighted by atomic mass is 10.1. The van der Waals surface area contributed by atoms with Crippen LogP contribution in [-0.2, 0) is 9.53 Å². The van der Waals surface area contributed by atoms with Gasteiger partial charge >= 0.3 is 5.97 Å². The maximum Gasteiger partial charge on any atom is 0.338 e. The third kappa shape index (κ3) is 5.11. The van der Waals surface area contributed by atoms with E-state index in [0.717, 1.165) is 12.8 Å². The first-order valence-electron chi connectivity index (χ1n) is 6.53. The minimum atomic E-state index is -0.576. The molecule has 5 nitrogen and oxygen atoms in total. The maximum absolute atomic E-state index is 11.7. The molecule has 1 aromatic rings. The number of nitrogens with zero attached hydrogens (tertiary/aromatic N) is 1. The number of nitriles is 1. The van der Waals surface area contributed by atoms with E-state index in [1.807, 2.05) is 19.9 Å². The van der Waals surface area contributed by atoms with Crippen LogP contribution in [0.15, 0.2) is 24.3 Å². The second-order valence-electron chi connectivity index (χ2n) is 4.52. The van der Waals surface area contributed by atoms with Crippen molar-refractivity contribution >= 4 is 11.9 Å². The highest BCUT2D eigenvalue weighted by atomic mass is 16.5. The number of amides is 1. The zero-order chi connectivity index (χ0) is 15.0. The molecule has 0 saturated carbocycles. The Bertz CT molecular complexity index is 503. The van der Waals surface area contributed by atoms with E-state index in [2.05, 4.69) is 5.32 Å². The molecule has 1 aromatic carbocycles. The molecule has 0 unspecified atom stereocenters. The lowest BCUT2D eigenvalue weighted by Gasteiger charge is -2.12. The van der Waals surface area contributed by atoms with Gasteiger partial charge in [-0.15, -0.1) is 0 Å². The molecular weight excluding hydrogens is 256 g/mol. The quantitative estimate of drug-likeness (QED) is 0.805. The summed E-state index contributed by atoms with van der Waals surface area (Å²) < 4.78 is 4.91. The Balaban J connectivity index is 2.42. The zero-order valence-corrected chi connectivity index (χ0v) is 11.7. The summed E-state index contributed by atoms with van der Waals surface area (Å²) in [5, 5.41) is 11.4. The molecule has 1 rings (SSSR count). The number of carbonyl (C=O) groups is 2. The van der Waals surface area contributed by atoms with Gasteiger partial charge in [-0.3, -0.25) is 4.79 Å². The van der Waals surface area contributed by atoms with Gasteiger partial charge in [-0.1, -0.05) is 13.3 Å². The van der Waals surface area contributed by atoms with E-state index in [0.29, 0.717) is 11.1 Å². The average molecular weight is 274 g/mol. The molecule has 20 heavy (non-hydrogen) atoms. The first-order chi connectivity index (χ1) is 9.56. The SMILES string of the molecule is CCC[C@@H](C)NC(=O)COC(=O)c1ccc(C#N)cc1. The molecule has 1 atom stereocenters. The molecule has 5 heteroatoms. The predicted octanol–water partition coefficient (Wildman–Crippen LogP) is 2.02. The number of carbonyl (C=O) groups excluding carboxylic acids is 2. The van der Waals surface area contributed by atoms with Crippen LogP contribution in [0.25, 0.3) is 0 Å². The minimum absolute atomic E-state index is 0.0705. The lowest BCUT2D eigenvalue weighted by Crippen LogP contribution is -2.35. The van der Waals surface area contributed by atoms with Gasteiger partial charge in [-0.05, 0) is 37.6 Å². The Hall–Kier alpha value is -2.35. The van der Waals surface area contributed by atoms with Crippen molar-refractivity contribution in [1.29, 1.82) is 5.26 Å². The van der Waals surface area contributed by atoms with Crippen molar-refractivity contribution in [2.24, 2.45) is 0 Å². The molecule has 0 bridgehead atoms. The molecule has 106 valence electrons. The van der Waals surface area contributed by atoms with Gasteiger partial charge < -0.3 is 10.1 Å². The molecular formula is C15H18N2O3. The van der Waals surface area contributed by atoms with Crippen molar-refractivity contribution < 1.29 is 14.3 Å². The summed E-state index contributed by atoms with van der Waals surface area (Å²) in [6, 6.07) is 8.08. The largest absolute Gasteiger partial charge is 0.452 e. The highest BCUT2D eigenvalue weighted by molar-refractivity contribution is 5.91. The van der Waals surface area contributed by atoms with E-state index in [-0.39, 0.29) is 18.6 Å². The molecule has 1 amide bonds. The van der Waals surface area contributed by atoms with Gasteiger partial charge in [0.2, 0.25) is 0 Å². The minimum Gasteiger partial charge on any atom is -0.452 e. The average Bonchev–Trinajstić information content (AvgIpc) is 2.45. The van der Waals surface area contributed by atoms with Crippen LogP contribution >= 0.6 is 0 Å². The molecule has 0 heterocycles. The van der Waals surface area contributed by atoms with Crippen LogP contribution in [0.1, 0.15) is 42.6 Å². The van der Waals surface area contributed by atoms with Crippen molar-refractivity contribution in [2.45, 2.75) is 32.7 Å². The number of hydrogen-bond donors (Lipinski definition) is 1. The van der Waals surface area contributed by atoms with E-state index < -0.39 is 5.97 Å². The summed E-state index contributed by atoms with van der Waals surface area (Å²) in [7, 11) is 0. The molecule has 0 saturated heterocycles. The van der Waals surface area contributed by atoms with Gasteiger partial charge in [-0.2, -0.15) is 5.26 Å². The van der Waals surface area contributed by atoms with Crippen molar-refractivity contribution in [2.75, 3.05) is 6.61 Å². The Labute approximate surface area is 118 Å². The summed E-state index contributed by atoms with van der Waals surface area (Å²) in [5.74, 6) is -0.888. The molecule has 0 aliphatic rings. The van der Waals surface area contributed by atoms with E-state index in [1.54, 1.807) is 0 Å². The Morgan fingerprint density at radius 1 is 1.35 bits per heavy atom. The molecule has 0 spiro atoms. The van der Waals surface area contributed by atoms with Crippen LogP contribution in [0.4, 0.5) is 0 Å². The number of benzene rings is 1. The van der Waals surface area contributed by atoms with Gasteiger partial charge in [0.1, 0.15) is 0 Å². The molecule has 0 fully saturated rings. The maximum atomic E-state index is 11.7. The van der Waals surface area contributed by atoms with Crippen molar-refractivity contribution in [3.63, 3.8) is 0 Å². The normalized spacial score (nSPS) is 11.2. The fourth-order valence-electron chi connectivity index (χ4n) is 1.72. The van der Waals surface area contributed by atoms with Crippen molar-refractivity contribution in [3.8, 4) is 6.07 Å². The summed E-state index contributed by atoms with van der Waals surface area (Å²) in [5.41, 5.74) is 0.783. The number of nitrogens with one attached hydrogen (secondary N) is 1. The van der Waals surface area contributed by atoms with Crippen LogP contribution in [0.2, 0.25) is 0 Å². The first-order valence-corrected chi connectivity index (χ1v) is 6.53. The first kappa shape index (κ1) is 15.7. The van der Waals surface area contributed by atoms with E-state index in [1.165, 1.54) is 24.3 Å². The summed E-state index contributed by atoms with van der Waals surface area (Å²) >= 11 is 0. The Kier molecular flexibility index (Phi) is 6.24. The van der Waals surface area contributed by atoms with Gasteiger partial charge in [-0.25, -0.2) is 4.79 Å². The highest BCUT2D eigenvalue weighted by Crippen LogP contribution is 2.05. The second kappa shape index (κ2) is 7.95. The topological polar surface area (TPSA) is 79.2 Å². The molecule has 0 aromatic heterocycles. The molecule has 0 aliphatic carbocycles. The number of hydrogen-bond acceptors (Lipinski definition) is 4. The summed E-state index contributed by atoms with van der Waals surface area (Å²) in [6.45, 7) is 3.64. The monoisotopic (exact) mass is 274 g/mol. The van der Waals surface area contributed by atoms with E-state index in [4.69, 9.17) is 10.00 Å². The third-order valence-corrected chi connectivity index (χ3v) is 2.71. The lowest BCUT2D eigenvalue weighted by molar-refractivity contribution is -0.124. The van der Waals surface area contributed by atoms with Crippen molar-refractivity contribution in [1.82, 2.24) is 5.32 Å². The van der Waals surface area contributed by atoms with Gasteiger partial charge in [0.25, 0.3) is 5.91 Å². The summed E-state index contributed by atoms with van der Waals surface area (Å²) in [6.07, 6.45) is 1.86. The smallest absolute Gasteiger partial charge is 0.338 e. The predicted molar refractivity (Wildman–Crippen MR) is 74.0 cm³/mol. The fourth-order valence-corrected chi connectivity index (χ4v) is 1.72. The van der Waals surface area contributed by atoms with Crippen LogP contribution in [0.3, 0.4) is 0 Å². The highest BCUT2D eigenvalue weighted by Gasteiger charge is 2.11. The molecule has 0 aliphatic heterocycles. The Morgan fingerprint density at radius 2 is 2.00 bits per heavy atom. The van der Waals surface area contributed by atoms with E-state index in [9.17, 15) is 9.59 Å². The van der Waals surface area contributed by atoms with E-state index >= 15 is 0 Å². The van der Waals surface area contributed by atoms with Crippen LogP contribution in [-0.4, -0.2) is 24.5 Å². The van der Waals surface area contributed by atoms with Crippen LogP contribution < -0.4 is 5.32 Å². The van der Waals surface area contributed by atoms with Crippen LogP contribution in [0, 0.1) is 11.3 Å². The standard InChI is InChI=1S/C15H18N2O3/c1-3-4-11(2)17-14(18)10-20-15(19)13-7-5-12(9-16)6-8-13/h5-8,11H,3-4,10H2,1-2H3,(H,17,18)/t11-/m1/s1. The number of ether oxygens (including phenoxy) is 1. The number of esters is 1. The van der Waals surface area contributed by atoms with Gasteiger partial charge in [0, 0.05) is 6.04 Å². The van der Waals surface area contributed by atoms with Gasteiger partial charge in [0.05, 0.1) is 17.2 Å². The van der Waals surface area contributed by atoms with Crippen LogP contribution in [0.5, 0.6) is 0 Å². The third-order valence-electron chi connectivity index (χ3n) is 2.71. The Morgan fingerprint density at radius 3 is 2.55 bits per heavy atom. The summed E-state index contributed by atoms with van der Waals surface area (Å²) in [4.78, 5) is 23.2. The van der Waals surface area contributed by atoms with Gasteiger partial charge in [0.15, 0.2) is 6.61 Å². The zero-order valence-electron chi connectivity index (χ0n) is 11.7. The fraction of sp³-hybridized carbons (Fsp3) is 0.400. The number of rotatable bonds is 6. The molecule has 0 radical (unpaired) electrons. The second-order valence-corrected chi connectivity index (χ2v) is 4.52. The van der Waals surface area contributed by atoms with Crippen molar-refractivity contribution in [3.05, 3.63) is 35.4 Å².